The molecule has 0 amide bonds. The largest absolute Gasteiger partial charge is 0.488 e. The van der Waals surface area contributed by atoms with Crippen molar-refractivity contribution < 1.29 is 4.74 Å². The maximum atomic E-state index is 5.75. The van der Waals surface area contributed by atoms with E-state index in [2.05, 4.69) is 9.97 Å². The molecule has 0 fully saturated rings. The lowest BCUT2D eigenvalue weighted by atomic mass is 10.1. The van der Waals surface area contributed by atoms with Crippen LogP contribution in [0.4, 0.5) is 5.69 Å². The number of nitrogens with zero attached hydrogens (tertiary/aromatic N) is 2. The summed E-state index contributed by atoms with van der Waals surface area (Å²) in [5.74, 6) is 1.49. The third kappa shape index (κ3) is 3.20. The monoisotopic (exact) mass is 243 g/mol. The van der Waals surface area contributed by atoms with Gasteiger partial charge in [-0.05, 0) is 45.0 Å². The Labute approximate surface area is 107 Å². The zero-order chi connectivity index (χ0) is 13.2. The molecule has 0 aliphatic carbocycles. The lowest BCUT2D eigenvalue weighted by molar-refractivity contribution is 0.131. The van der Waals surface area contributed by atoms with E-state index in [1.165, 1.54) is 0 Å². The van der Waals surface area contributed by atoms with E-state index < -0.39 is 0 Å². The SMILES string of the molecule is CC(C)(C)Oc1ccc(-c2ncc(N)cn2)cc1. The molecule has 2 aromatic rings. The van der Waals surface area contributed by atoms with Crippen LogP contribution in [-0.2, 0) is 0 Å². The van der Waals surface area contributed by atoms with Gasteiger partial charge in [-0.15, -0.1) is 0 Å². The fourth-order valence-corrected chi connectivity index (χ4v) is 1.51. The van der Waals surface area contributed by atoms with Gasteiger partial charge in [0.15, 0.2) is 5.82 Å². The quantitative estimate of drug-likeness (QED) is 0.881. The number of anilines is 1. The number of hydrogen-bond acceptors (Lipinski definition) is 4. The molecule has 18 heavy (non-hydrogen) atoms. The van der Waals surface area contributed by atoms with Gasteiger partial charge in [-0.1, -0.05) is 0 Å². The normalized spacial score (nSPS) is 11.3. The van der Waals surface area contributed by atoms with Gasteiger partial charge in [0, 0.05) is 5.56 Å². The molecule has 0 spiro atoms. The van der Waals surface area contributed by atoms with Crippen LogP contribution in [0.15, 0.2) is 36.7 Å². The summed E-state index contributed by atoms with van der Waals surface area (Å²) in [5.41, 5.74) is 6.86. The summed E-state index contributed by atoms with van der Waals surface area (Å²) < 4.78 is 5.75. The molecule has 0 bridgehead atoms. The summed E-state index contributed by atoms with van der Waals surface area (Å²) in [7, 11) is 0. The van der Waals surface area contributed by atoms with E-state index in [1.54, 1.807) is 12.4 Å². The van der Waals surface area contributed by atoms with Crippen LogP contribution in [0, 0.1) is 0 Å². The Morgan fingerprint density at radius 1 is 1.00 bits per heavy atom. The number of aromatic nitrogens is 2. The van der Waals surface area contributed by atoms with Gasteiger partial charge in [0.1, 0.15) is 11.4 Å². The Hall–Kier alpha value is -2.10. The van der Waals surface area contributed by atoms with Crippen LogP contribution in [-0.4, -0.2) is 15.6 Å². The van der Waals surface area contributed by atoms with Crippen LogP contribution >= 0.6 is 0 Å². The lowest BCUT2D eigenvalue weighted by Crippen LogP contribution is -2.22. The third-order valence-electron chi connectivity index (χ3n) is 2.21. The lowest BCUT2D eigenvalue weighted by Gasteiger charge is -2.21. The molecule has 1 aromatic carbocycles. The van der Waals surface area contributed by atoms with Gasteiger partial charge < -0.3 is 10.5 Å². The molecular weight excluding hydrogens is 226 g/mol. The second-order valence-corrected chi connectivity index (χ2v) is 5.08. The van der Waals surface area contributed by atoms with Crippen LogP contribution in [0.1, 0.15) is 20.8 Å². The van der Waals surface area contributed by atoms with E-state index in [0.717, 1.165) is 11.3 Å². The summed E-state index contributed by atoms with van der Waals surface area (Å²) in [6.07, 6.45) is 3.20. The number of hydrogen-bond donors (Lipinski definition) is 1. The molecule has 0 aliphatic heterocycles. The van der Waals surface area contributed by atoms with E-state index in [1.807, 2.05) is 45.0 Å². The van der Waals surface area contributed by atoms with Crippen LogP contribution in [0.5, 0.6) is 5.75 Å². The molecule has 2 rings (SSSR count). The molecule has 4 heteroatoms. The molecule has 0 atom stereocenters. The Morgan fingerprint density at radius 2 is 1.56 bits per heavy atom. The van der Waals surface area contributed by atoms with Crippen molar-refractivity contribution >= 4 is 5.69 Å². The molecule has 0 saturated heterocycles. The predicted octanol–water partition coefficient (Wildman–Crippen LogP) is 2.90. The number of nitrogens with two attached hydrogens (primary N) is 1. The van der Waals surface area contributed by atoms with Gasteiger partial charge in [0.2, 0.25) is 0 Å². The highest BCUT2D eigenvalue weighted by atomic mass is 16.5. The molecule has 94 valence electrons. The molecule has 2 N–H and O–H groups in total. The summed E-state index contributed by atoms with van der Waals surface area (Å²) >= 11 is 0. The van der Waals surface area contributed by atoms with E-state index in [0.29, 0.717) is 11.5 Å². The van der Waals surface area contributed by atoms with Crippen molar-refractivity contribution in [3.63, 3.8) is 0 Å². The van der Waals surface area contributed by atoms with Crippen LogP contribution in [0.3, 0.4) is 0 Å². The molecular formula is C14H17N3O. The number of ether oxygens (including phenoxy) is 1. The number of rotatable bonds is 2. The van der Waals surface area contributed by atoms with Crippen LogP contribution in [0.2, 0.25) is 0 Å². The van der Waals surface area contributed by atoms with E-state index >= 15 is 0 Å². The maximum Gasteiger partial charge on any atom is 0.159 e. The zero-order valence-corrected chi connectivity index (χ0v) is 10.8. The number of nitrogen functional groups attached to an aromatic ring is 1. The van der Waals surface area contributed by atoms with Crippen molar-refractivity contribution in [2.75, 3.05) is 5.73 Å². The third-order valence-corrected chi connectivity index (χ3v) is 2.21. The highest BCUT2D eigenvalue weighted by Gasteiger charge is 2.11. The minimum Gasteiger partial charge on any atom is -0.488 e. The van der Waals surface area contributed by atoms with Crippen LogP contribution in [0.25, 0.3) is 11.4 Å². The zero-order valence-electron chi connectivity index (χ0n) is 10.8. The molecule has 1 heterocycles. The van der Waals surface area contributed by atoms with Crippen LogP contribution < -0.4 is 10.5 Å². The minimum atomic E-state index is -0.195. The summed E-state index contributed by atoms with van der Waals surface area (Å²) in [6.45, 7) is 6.05. The summed E-state index contributed by atoms with van der Waals surface area (Å²) in [6, 6.07) is 7.71. The first kappa shape index (κ1) is 12.4. The van der Waals surface area contributed by atoms with Crippen molar-refractivity contribution in [2.45, 2.75) is 26.4 Å². The second kappa shape index (κ2) is 4.64. The number of benzene rings is 1. The Kier molecular flexibility index (Phi) is 3.19. The molecule has 0 unspecified atom stereocenters. The summed E-state index contributed by atoms with van der Waals surface area (Å²) in [4.78, 5) is 8.35. The van der Waals surface area contributed by atoms with Gasteiger partial charge >= 0.3 is 0 Å². The fraction of sp³-hybridized carbons (Fsp3) is 0.286. The average molecular weight is 243 g/mol. The Morgan fingerprint density at radius 3 is 2.06 bits per heavy atom. The van der Waals surface area contributed by atoms with Crippen molar-refractivity contribution in [2.24, 2.45) is 0 Å². The van der Waals surface area contributed by atoms with Crippen molar-refractivity contribution in [3.05, 3.63) is 36.7 Å². The van der Waals surface area contributed by atoms with Gasteiger partial charge in [-0.3, -0.25) is 0 Å². The van der Waals surface area contributed by atoms with Crippen molar-refractivity contribution in [3.8, 4) is 17.1 Å². The first-order valence-corrected chi connectivity index (χ1v) is 5.81. The van der Waals surface area contributed by atoms with Crippen molar-refractivity contribution in [1.82, 2.24) is 9.97 Å². The van der Waals surface area contributed by atoms with Gasteiger partial charge in [-0.25, -0.2) is 9.97 Å². The van der Waals surface area contributed by atoms with Gasteiger partial charge in [0.25, 0.3) is 0 Å². The molecule has 0 aliphatic rings. The van der Waals surface area contributed by atoms with Crippen molar-refractivity contribution in [1.29, 1.82) is 0 Å². The Bertz CT molecular complexity index is 512. The topological polar surface area (TPSA) is 61.0 Å². The first-order valence-electron chi connectivity index (χ1n) is 5.81. The van der Waals surface area contributed by atoms with E-state index in [9.17, 15) is 0 Å². The first-order chi connectivity index (χ1) is 8.44. The molecule has 1 aromatic heterocycles. The van der Waals surface area contributed by atoms with Gasteiger partial charge in [0.05, 0.1) is 18.1 Å². The second-order valence-electron chi connectivity index (χ2n) is 5.08. The molecule has 4 nitrogen and oxygen atoms in total. The average Bonchev–Trinajstić information content (AvgIpc) is 2.29. The molecule has 0 saturated carbocycles. The van der Waals surface area contributed by atoms with Gasteiger partial charge in [-0.2, -0.15) is 0 Å². The fourth-order valence-electron chi connectivity index (χ4n) is 1.51. The highest BCUT2D eigenvalue weighted by Crippen LogP contribution is 2.22. The minimum absolute atomic E-state index is 0.195. The highest BCUT2D eigenvalue weighted by molar-refractivity contribution is 5.56. The smallest absolute Gasteiger partial charge is 0.159 e. The summed E-state index contributed by atoms with van der Waals surface area (Å²) in [5, 5.41) is 0. The van der Waals surface area contributed by atoms with E-state index in [-0.39, 0.29) is 5.60 Å². The Balaban J connectivity index is 2.20. The maximum absolute atomic E-state index is 5.75. The predicted molar refractivity (Wildman–Crippen MR) is 72.3 cm³/mol. The molecule has 0 radical (unpaired) electrons. The standard InChI is InChI=1S/C14H17N3O/c1-14(2,3)18-12-6-4-10(5-7-12)13-16-8-11(15)9-17-13/h4-9H,15H2,1-3H3. The van der Waals surface area contributed by atoms with E-state index in [4.69, 9.17) is 10.5 Å².